The van der Waals surface area contributed by atoms with Crippen molar-refractivity contribution in [2.75, 3.05) is 13.1 Å². The fraction of sp³-hybridized carbons (Fsp3) is 0.800. The van der Waals surface area contributed by atoms with Gasteiger partial charge in [0.25, 0.3) is 0 Å². The van der Waals surface area contributed by atoms with Crippen molar-refractivity contribution in [2.45, 2.75) is 38.8 Å². The lowest BCUT2D eigenvalue weighted by atomic mass is 10.1. The minimum atomic E-state index is -0.217. The molecule has 1 fully saturated rings. The first-order valence-corrected chi connectivity index (χ1v) is 5.39. The predicted molar refractivity (Wildman–Crippen MR) is 54.3 cm³/mol. The number of aliphatic hydroxyl groups excluding tert-OH is 1. The van der Waals surface area contributed by atoms with Gasteiger partial charge in [-0.15, -0.1) is 0 Å². The van der Waals surface area contributed by atoms with Crippen molar-refractivity contribution >= 4 is 0 Å². The van der Waals surface area contributed by atoms with E-state index in [2.05, 4.69) is 15.0 Å². The van der Waals surface area contributed by atoms with E-state index in [9.17, 15) is 5.11 Å². The van der Waals surface area contributed by atoms with E-state index in [0.29, 0.717) is 18.3 Å². The van der Waals surface area contributed by atoms with Gasteiger partial charge in [0.1, 0.15) is 0 Å². The number of aryl methyl sites for hydroxylation is 1. The molecule has 2 rings (SSSR count). The lowest BCUT2D eigenvalue weighted by Gasteiger charge is -2.32. The fourth-order valence-corrected chi connectivity index (χ4v) is 1.97. The van der Waals surface area contributed by atoms with Crippen LogP contribution >= 0.6 is 0 Å². The second kappa shape index (κ2) is 4.28. The first-order chi connectivity index (χ1) is 7.16. The summed E-state index contributed by atoms with van der Waals surface area (Å²) in [5, 5.41) is 13.3. The van der Waals surface area contributed by atoms with E-state index in [0.717, 1.165) is 19.4 Å². The van der Waals surface area contributed by atoms with Gasteiger partial charge in [-0.2, -0.15) is 4.98 Å². The molecule has 1 saturated heterocycles. The highest BCUT2D eigenvalue weighted by Crippen LogP contribution is 2.22. The summed E-state index contributed by atoms with van der Waals surface area (Å²) in [5.74, 6) is 1.30. The maximum absolute atomic E-state index is 9.57. The van der Waals surface area contributed by atoms with Crippen LogP contribution in [0.3, 0.4) is 0 Å². The molecule has 1 aliphatic heterocycles. The zero-order valence-electron chi connectivity index (χ0n) is 9.18. The van der Waals surface area contributed by atoms with Gasteiger partial charge in [0.15, 0.2) is 5.82 Å². The van der Waals surface area contributed by atoms with Crippen molar-refractivity contribution in [1.29, 1.82) is 0 Å². The molecule has 0 saturated carbocycles. The SMILES string of the molecule is Cc1noc(C(C)N2CCCC(O)C2)n1. The first-order valence-electron chi connectivity index (χ1n) is 5.39. The summed E-state index contributed by atoms with van der Waals surface area (Å²) in [6.07, 6.45) is 1.70. The van der Waals surface area contributed by atoms with Crippen LogP contribution in [0, 0.1) is 6.92 Å². The molecule has 5 nitrogen and oxygen atoms in total. The molecule has 0 amide bonds. The van der Waals surface area contributed by atoms with E-state index in [1.807, 2.05) is 13.8 Å². The largest absolute Gasteiger partial charge is 0.392 e. The summed E-state index contributed by atoms with van der Waals surface area (Å²) in [6, 6.07) is 0.0983. The summed E-state index contributed by atoms with van der Waals surface area (Å²) in [4.78, 5) is 6.39. The topological polar surface area (TPSA) is 62.4 Å². The molecule has 0 radical (unpaired) electrons. The van der Waals surface area contributed by atoms with E-state index in [4.69, 9.17) is 4.52 Å². The third-order valence-corrected chi connectivity index (χ3v) is 2.88. The smallest absolute Gasteiger partial charge is 0.243 e. The van der Waals surface area contributed by atoms with E-state index < -0.39 is 0 Å². The van der Waals surface area contributed by atoms with Crippen molar-refractivity contribution in [3.8, 4) is 0 Å². The maximum atomic E-state index is 9.57. The van der Waals surface area contributed by atoms with Crippen molar-refractivity contribution in [3.63, 3.8) is 0 Å². The summed E-state index contributed by atoms with van der Waals surface area (Å²) < 4.78 is 5.13. The third kappa shape index (κ3) is 2.35. The molecule has 2 atom stereocenters. The third-order valence-electron chi connectivity index (χ3n) is 2.88. The normalized spacial score (nSPS) is 25.4. The number of rotatable bonds is 2. The molecule has 15 heavy (non-hydrogen) atoms. The van der Waals surface area contributed by atoms with Crippen LogP contribution in [0.1, 0.15) is 37.5 Å². The summed E-state index contributed by atoms with van der Waals surface area (Å²) in [7, 11) is 0. The van der Waals surface area contributed by atoms with Gasteiger partial charge in [0.05, 0.1) is 12.1 Å². The van der Waals surface area contributed by atoms with Gasteiger partial charge in [0, 0.05) is 6.54 Å². The monoisotopic (exact) mass is 211 g/mol. The summed E-state index contributed by atoms with van der Waals surface area (Å²) in [5.41, 5.74) is 0. The van der Waals surface area contributed by atoms with Crippen molar-refractivity contribution in [3.05, 3.63) is 11.7 Å². The van der Waals surface area contributed by atoms with Crippen LogP contribution < -0.4 is 0 Å². The van der Waals surface area contributed by atoms with Crippen molar-refractivity contribution in [2.24, 2.45) is 0 Å². The zero-order chi connectivity index (χ0) is 10.8. The minimum Gasteiger partial charge on any atom is -0.392 e. The number of piperidine rings is 1. The van der Waals surface area contributed by atoms with Gasteiger partial charge >= 0.3 is 0 Å². The molecule has 0 aliphatic carbocycles. The van der Waals surface area contributed by atoms with Gasteiger partial charge in [-0.05, 0) is 33.2 Å². The van der Waals surface area contributed by atoms with Crippen LogP contribution in [0.25, 0.3) is 0 Å². The van der Waals surface area contributed by atoms with E-state index in [1.54, 1.807) is 0 Å². The van der Waals surface area contributed by atoms with Gasteiger partial charge in [-0.1, -0.05) is 5.16 Å². The second-order valence-corrected chi connectivity index (χ2v) is 4.15. The Morgan fingerprint density at radius 3 is 3.00 bits per heavy atom. The van der Waals surface area contributed by atoms with E-state index in [-0.39, 0.29) is 12.1 Å². The second-order valence-electron chi connectivity index (χ2n) is 4.15. The molecule has 1 aromatic heterocycles. The lowest BCUT2D eigenvalue weighted by Crippen LogP contribution is -2.39. The lowest BCUT2D eigenvalue weighted by molar-refractivity contribution is 0.0422. The maximum Gasteiger partial charge on any atom is 0.243 e. The minimum absolute atomic E-state index is 0.0983. The number of nitrogens with zero attached hydrogens (tertiary/aromatic N) is 3. The number of β-amino-alcohol motifs (C(OH)–C–C–N with tert-alkyl or cyclic N) is 1. The molecule has 1 aliphatic rings. The Balaban J connectivity index is 2.03. The molecule has 0 spiro atoms. The number of hydrogen-bond acceptors (Lipinski definition) is 5. The van der Waals surface area contributed by atoms with Crippen LogP contribution in [-0.2, 0) is 0 Å². The van der Waals surface area contributed by atoms with E-state index in [1.165, 1.54) is 0 Å². The van der Waals surface area contributed by atoms with Crippen molar-refractivity contribution in [1.82, 2.24) is 15.0 Å². The molecule has 84 valence electrons. The first kappa shape index (κ1) is 10.6. The van der Waals surface area contributed by atoms with Gasteiger partial charge < -0.3 is 9.63 Å². The number of hydrogen-bond donors (Lipinski definition) is 1. The van der Waals surface area contributed by atoms with Crippen LogP contribution in [0.4, 0.5) is 0 Å². The predicted octanol–water partition coefficient (Wildman–Crippen LogP) is 0.896. The van der Waals surface area contributed by atoms with Gasteiger partial charge in [-0.25, -0.2) is 0 Å². The number of likely N-dealkylation sites (tertiary alicyclic amines) is 1. The summed E-state index contributed by atoms with van der Waals surface area (Å²) >= 11 is 0. The average molecular weight is 211 g/mol. The highest BCUT2D eigenvalue weighted by Gasteiger charge is 2.26. The molecular formula is C10H17N3O2. The Kier molecular flexibility index (Phi) is 3.02. The van der Waals surface area contributed by atoms with Crippen LogP contribution in [-0.4, -0.2) is 39.3 Å². The Hall–Kier alpha value is -0.940. The molecule has 2 heterocycles. The van der Waals surface area contributed by atoms with Gasteiger partial charge in [0.2, 0.25) is 5.89 Å². The van der Waals surface area contributed by atoms with Gasteiger partial charge in [-0.3, -0.25) is 4.90 Å². The Labute approximate surface area is 89.1 Å². The van der Waals surface area contributed by atoms with Crippen LogP contribution in [0.15, 0.2) is 4.52 Å². The highest BCUT2D eigenvalue weighted by molar-refractivity contribution is 4.91. The Bertz CT molecular complexity index is 326. The molecular weight excluding hydrogens is 194 g/mol. The quantitative estimate of drug-likeness (QED) is 0.787. The standard InChI is InChI=1S/C10H17N3O2/c1-7(10-11-8(2)12-15-10)13-5-3-4-9(14)6-13/h7,9,14H,3-6H2,1-2H3. The molecule has 0 aromatic carbocycles. The molecule has 1 aromatic rings. The summed E-state index contributed by atoms with van der Waals surface area (Å²) in [6.45, 7) is 5.53. The van der Waals surface area contributed by atoms with E-state index >= 15 is 0 Å². The average Bonchev–Trinajstić information content (AvgIpc) is 2.64. The Morgan fingerprint density at radius 1 is 1.60 bits per heavy atom. The number of aliphatic hydroxyl groups is 1. The van der Waals surface area contributed by atoms with Crippen LogP contribution in [0.2, 0.25) is 0 Å². The molecule has 0 bridgehead atoms. The molecule has 5 heteroatoms. The van der Waals surface area contributed by atoms with Crippen molar-refractivity contribution < 1.29 is 9.63 Å². The molecule has 2 unspecified atom stereocenters. The van der Waals surface area contributed by atoms with Crippen LogP contribution in [0.5, 0.6) is 0 Å². The Morgan fingerprint density at radius 2 is 2.40 bits per heavy atom. The number of aromatic nitrogens is 2. The highest BCUT2D eigenvalue weighted by atomic mass is 16.5. The zero-order valence-corrected chi connectivity index (χ0v) is 9.18. The molecule has 1 N–H and O–H groups in total. The fourth-order valence-electron chi connectivity index (χ4n) is 1.97.